The first-order valence-electron chi connectivity index (χ1n) is 5.95. The molecule has 0 aromatic heterocycles. The summed E-state index contributed by atoms with van der Waals surface area (Å²) in [5.74, 6) is 0.469. The predicted octanol–water partition coefficient (Wildman–Crippen LogP) is 2.00. The molecule has 16 heavy (non-hydrogen) atoms. The van der Waals surface area contributed by atoms with Crippen molar-refractivity contribution in [2.45, 2.75) is 19.4 Å². The van der Waals surface area contributed by atoms with Crippen molar-refractivity contribution < 1.29 is 4.39 Å². The molecule has 0 bridgehead atoms. The SMILES string of the molecule is NC[C@H]1CCCN(Cc2ccc(F)cc2)C1. The molecule has 0 unspecified atom stereocenters. The lowest BCUT2D eigenvalue weighted by Crippen LogP contribution is -2.37. The lowest BCUT2D eigenvalue weighted by atomic mass is 9.98. The molecular formula is C13H19FN2. The van der Waals surface area contributed by atoms with Gasteiger partial charge in [-0.25, -0.2) is 4.39 Å². The molecule has 0 spiro atoms. The van der Waals surface area contributed by atoms with E-state index in [2.05, 4.69) is 4.90 Å². The Labute approximate surface area is 96.2 Å². The third-order valence-corrected chi connectivity index (χ3v) is 3.26. The standard InChI is InChI=1S/C13H19FN2/c14-13-5-3-11(4-6-13)9-16-7-1-2-12(8-15)10-16/h3-6,12H,1-2,7-10,15H2/t12-/m1/s1. The van der Waals surface area contributed by atoms with E-state index in [0.717, 1.165) is 26.2 Å². The number of rotatable bonds is 3. The normalized spacial score (nSPS) is 22.2. The van der Waals surface area contributed by atoms with Crippen LogP contribution in [0.5, 0.6) is 0 Å². The monoisotopic (exact) mass is 222 g/mol. The molecule has 3 heteroatoms. The third-order valence-electron chi connectivity index (χ3n) is 3.26. The molecule has 1 atom stereocenters. The fraction of sp³-hybridized carbons (Fsp3) is 0.538. The minimum absolute atomic E-state index is 0.165. The molecule has 2 rings (SSSR count). The second kappa shape index (κ2) is 5.41. The second-order valence-corrected chi connectivity index (χ2v) is 4.61. The van der Waals surface area contributed by atoms with Gasteiger partial charge < -0.3 is 5.73 Å². The van der Waals surface area contributed by atoms with Crippen molar-refractivity contribution in [3.63, 3.8) is 0 Å². The van der Waals surface area contributed by atoms with E-state index in [0.29, 0.717) is 5.92 Å². The lowest BCUT2D eigenvalue weighted by Gasteiger charge is -2.32. The predicted molar refractivity (Wildman–Crippen MR) is 63.5 cm³/mol. The summed E-state index contributed by atoms with van der Waals surface area (Å²) in [4.78, 5) is 2.41. The number of hydrogen-bond acceptors (Lipinski definition) is 2. The number of benzene rings is 1. The van der Waals surface area contributed by atoms with Crippen LogP contribution in [0.15, 0.2) is 24.3 Å². The van der Waals surface area contributed by atoms with Crippen molar-refractivity contribution in [1.29, 1.82) is 0 Å². The number of nitrogens with two attached hydrogens (primary N) is 1. The van der Waals surface area contributed by atoms with Crippen LogP contribution in [0.25, 0.3) is 0 Å². The molecule has 0 saturated carbocycles. The van der Waals surface area contributed by atoms with Gasteiger partial charge in [0.25, 0.3) is 0 Å². The summed E-state index contributed by atoms with van der Waals surface area (Å²) in [5, 5.41) is 0. The van der Waals surface area contributed by atoms with E-state index in [-0.39, 0.29) is 5.82 Å². The molecule has 2 nitrogen and oxygen atoms in total. The van der Waals surface area contributed by atoms with Gasteiger partial charge in [-0.2, -0.15) is 0 Å². The Morgan fingerprint density at radius 1 is 1.31 bits per heavy atom. The maximum atomic E-state index is 12.8. The number of halogens is 1. The van der Waals surface area contributed by atoms with Crippen LogP contribution in [-0.2, 0) is 6.54 Å². The highest BCUT2D eigenvalue weighted by Crippen LogP contribution is 2.17. The van der Waals surface area contributed by atoms with Gasteiger partial charge in [-0.1, -0.05) is 12.1 Å². The van der Waals surface area contributed by atoms with Gasteiger partial charge in [-0.3, -0.25) is 4.90 Å². The van der Waals surface area contributed by atoms with Gasteiger partial charge in [0.2, 0.25) is 0 Å². The molecule has 1 aromatic rings. The Balaban J connectivity index is 1.91. The van der Waals surface area contributed by atoms with E-state index in [4.69, 9.17) is 5.73 Å². The maximum absolute atomic E-state index is 12.8. The van der Waals surface area contributed by atoms with Crippen molar-refractivity contribution in [3.8, 4) is 0 Å². The van der Waals surface area contributed by atoms with Crippen LogP contribution in [0.3, 0.4) is 0 Å². The van der Waals surface area contributed by atoms with E-state index >= 15 is 0 Å². The van der Waals surface area contributed by atoms with Crippen LogP contribution in [-0.4, -0.2) is 24.5 Å². The maximum Gasteiger partial charge on any atom is 0.123 e. The van der Waals surface area contributed by atoms with Crippen LogP contribution >= 0.6 is 0 Å². The summed E-state index contributed by atoms with van der Waals surface area (Å²) in [5.41, 5.74) is 6.88. The fourth-order valence-corrected chi connectivity index (χ4v) is 2.34. The van der Waals surface area contributed by atoms with Gasteiger partial charge in [0.15, 0.2) is 0 Å². The Kier molecular flexibility index (Phi) is 3.91. The summed E-state index contributed by atoms with van der Waals surface area (Å²) >= 11 is 0. The van der Waals surface area contributed by atoms with Gasteiger partial charge in [-0.15, -0.1) is 0 Å². The van der Waals surface area contributed by atoms with Crippen LogP contribution in [0, 0.1) is 11.7 Å². The molecular weight excluding hydrogens is 203 g/mol. The first-order chi connectivity index (χ1) is 7.78. The van der Waals surface area contributed by atoms with Crippen LogP contribution in [0.4, 0.5) is 4.39 Å². The number of likely N-dealkylation sites (tertiary alicyclic amines) is 1. The Bertz CT molecular complexity index is 323. The minimum atomic E-state index is -0.165. The molecule has 1 aromatic carbocycles. The molecule has 1 aliphatic rings. The average molecular weight is 222 g/mol. The van der Waals surface area contributed by atoms with Crippen molar-refractivity contribution >= 4 is 0 Å². The highest BCUT2D eigenvalue weighted by Gasteiger charge is 2.18. The molecule has 0 amide bonds. The number of piperidine rings is 1. The molecule has 88 valence electrons. The highest BCUT2D eigenvalue weighted by molar-refractivity contribution is 5.15. The van der Waals surface area contributed by atoms with Gasteiger partial charge in [-0.05, 0) is 49.5 Å². The Hall–Kier alpha value is -0.930. The smallest absolute Gasteiger partial charge is 0.123 e. The average Bonchev–Trinajstić information content (AvgIpc) is 2.32. The zero-order chi connectivity index (χ0) is 11.4. The first kappa shape index (κ1) is 11.6. The highest BCUT2D eigenvalue weighted by atomic mass is 19.1. The molecule has 0 radical (unpaired) electrons. The molecule has 2 N–H and O–H groups in total. The summed E-state index contributed by atoms with van der Waals surface area (Å²) < 4.78 is 12.8. The zero-order valence-electron chi connectivity index (χ0n) is 9.53. The summed E-state index contributed by atoms with van der Waals surface area (Å²) in [7, 11) is 0. The van der Waals surface area contributed by atoms with Gasteiger partial charge in [0.05, 0.1) is 0 Å². The Morgan fingerprint density at radius 3 is 2.75 bits per heavy atom. The van der Waals surface area contributed by atoms with E-state index in [9.17, 15) is 4.39 Å². The van der Waals surface area contributed by atoms with Gasteiger partial charge in [0, 0.05) is 13.1 Å². The number of hydrogen-bond donors (Lipinski definition) is 1. The summed E-state index contributed by atoms with van der Waals surface area (Å²) in [6.45, 7) is 3.90. The van der Waals surface area contributed by atoms with Crippen molar-refractivity contribution in [2.75, 3.05) is 19.6 Å². The van der Waals surface area contributed by atoms with E-state index in [1.54, 1.807) is 0 Å². The fourth-order valence-electron chi connectivity index (χ4n) is 2.34. The van der Waals surface area contributed by atoms with Crippen LogP contribution in [0.2, 0.25) is 0 Å². The Morgan fingerprint density at radius 2 is 2.06 bits per heavy atom. The largest absolute Gasteiger partial charge is 0.330 e. The zero-order valence-corrected chi connectivity index (χ0v) is 9.53. The van der Waals surface area contributed by atoms with Crippen LogP contribution in [0.1, 0.15) is 18.4 Å². The van der Waals surface area contributed by atoms with Gasteiger partial charge >= 0.3 is 0 Å². The van der Waals surface area contributed by atoms with E-state index in [1.165, 1.54) is 30.5 Å². The molecule has 1 aliphatic heterocycles. The lowest BCUT2D eigenvalue weighted by molar-refractivity contribution is 0.171. The second-order valence-electron chi connectivity index (χ2n) is 4.61. The quantitative estimate of drug-likeness (QED) is 0.847. The first-order valence-corrected chi connectivity index (χ1v) is 5.95. The molecule has 0 aliphatic carbocycles. The number of nitrogens with zero attached hydrogens (tertiary/aromatic N) is 1. The molecule has 1 heterocycles. The third kappa shape index (κ3) is 3.03. The molecule has 1 saturated heterocycles. The van der Waals surface area contributed by atoms with E-state index < -0.39 is 0 Å². The van der Waals surface area contributed by atoms with Crippen molar-refractivity contribution in [1.82, 2.24) is 4.90 Å². The summed E-state index contributed by atoms with van der Waals surface area (Å²) in [6.07, 6.45) is 2.47. The topological polar surface area (TPSA) is 29.3 Å². The summed E-state index contributed by atoms with van der Waals surface area (Å²) in [6, 6.07) is 6.78. The minimum Gasteiger partial charge on any atom is -0.330 e. The van der Waals surface area contributed by atoms with Gasteiger partial charge in [0.1, 0.15) is 5.82 Å². The molecule has 1 fully saturated rings. The van der Waals surface area contributed by atoms with E-state index in [1.807, 2.05) is 12.1 Å². The van der Waals surface area contributed by atoms with Crippen molar-refractivity contribution in [3.05, 3.63) is 35.6 Å². The van der Waals surface area contributed by atoms with Crippen molar-refractivity contribution in [2.24, 2.45) is 11.7 Å². The van der Waals surface area contributed by atoms with Crippen LogP contribution < -0.4 is 5.73 Å².